The van der Waals surface area contributed by atoms with E-state index in [1.807, 2.05) is 4.57 Å². The van der Waals surface area contributed by atoms with Crippen LogP contribution in [0.25, 0.3) is 0 Å². The number of ether oxygens (including phenoxy) is 1. The average molecular weight is 315 g/mol. The molecule has 22 heavy (non-hydrogen) atoms. The predicted molar refractivity (Wildman–Crippen MR) is 67.1 cm³/mol. The van der Waals surface area contributed by atoms with Crippen LogP contribution in [0.1, 0.15) is 17.3 Å². The molecular weight excluding hydrogens is 303 g/mol. The second kappa shape index (κ2) is 5.52. The van der Waals surface area contributed by atoms with Crippen molar-refractivity contribution in [2.75, 3.05) is 13.2 Å². The molecule has 1 aliphatic rings. The molecule has 1 aliphatic heterocycles. The zero-order chi connectivity index (χ0) is 15.7. The Morgan fingerprint density at radius 2 is 2.09 bits per heavy atom. The van der Waals surface area contributed by atoms with Crippen LogP contribution in [0.3, 0.4) is 0 Å². The number of rotatable bonds is 2. The van der Waals surface area contributed by atoms with Gasteiger partial charge in [-0.25, -0.2) is 4.79 Å². The van der Waals surface area contributed by atoms with Gasteiger partial charge in [-0.15, -0.1) is 10.2 Å². The summed E-state index contributed by atoms with van der Waals surface area (Å²) in [4.78, 5) is 14.8. The second-order valence-electron chi connectivity index (χ2n) is 4.77. The molecule has 0 N–H and O–H groups in total. The minimum atomic E-state index is -4.64. The molecule has 0 saturated heterocycles. The Kier molecular flexibility index (Phi) is 3.69. The monoisotopic (exact) mass is 315 g/mol. The molecule has 0 amide bonds. The van der Waals surface area contributed by atoms with E-state index in [2.05, 4.69) is 15.2 Å². The van der Waals surface area contributed by atoms with Crippen molar-refractivity contribution in [2.45, 2.75) is 25.7 Å². The maximum atomic E-state index is 12.5. The van der Waals surface area contributed by atoms with Crippen molar-refractivity contribution in [2.24, 2.45) is 0 Å². The zero-order valence-electron chi connectivity index (χ0n) is 11.4. The summed E-state index contributed by atoms with van der Waals surface area (Å²) in [6.45, 7) is 1.59. The number of aromatic nitrogens is 5. The normalized spacial score (nSPS) is 15.4. The first-order valence-electron chi connectivity index (χ1n) is 6.58. The highest BCUT2D eigenvalue weighted by Gasteiger charge is 2.33. The van der Waals surface area contributed by atoms with Gasteiger partial charge in [0.15, 0.2) is 11.5 Å². The van der Waals surface area contributed by atoms with Gasteiger partial charge in [0.2, 0.25) is 0 Å². The Morgan fingerprint density at radius 1 is 1.27 bits per heavy atom. The first kappa shape index (κ1) is 14.7. The molecule has 0 unspecified atom stereocenters. The number of nitrogens with zero attached hydrogens (tertiary/aromatic N) is 5. The summed E-state index contributed by atoms with van der Waals surface area (Å²) in [7, 11) is 0. The third kappa shape index (κ3) is 2.86. The standard InChI is InChI=1S/C12H12F3N5O2/c13-12(14,15)8-1-3-19(11(21)16-8)7-10-18-17-9-2-5-22-6-4-20(9)10/h1,3H,2,4-7H2. The van der Waals surface area contributed by atoms with Crippen molar-refractivity contribution in [3.8, 4) is 0 Å². The summed E-state index contributed by atoms with van der Waals surface area (Å²) >= 11 is 0. The first-order chi connectivity index (χ1) is 10.4. The summed E-state index contributed by atoms with van der Waals surface area (Å²) in [6, 6.07) is 0.768. The lowest BCUT2D eigenvalue weighted by molar-refractivity contribution is -0.141. The molecule has 2 aromatic heterocycles. The molecule has 118 valence electrons. The van der Waals surface area contributed by atoms with E-state index >= 15 is 0 Å². The molecule has 0 atom stereocenters. The van der Waals surface area contributed by atoms with Gasteiger partial charge in [0.1, 0.15) is 5.82 Å². The van der Waals surface area contributed by atoms with Gasteiger partial charge in [0, 0.05) is 19.2 Å². The van der Waals surface area contributed by atoms with Crippen LogP contribution in [-0.2, 0) is 30.4 Å². The van der Waals surface area contributed by atoms with Crippen molar-refractivity contribution in [3.63, 3.8) is 0 Å². The van der Waals surface area contributed by atoms with Gasteiger partial charge in [-0.1, -0.05) is 0 Å². The molecule has 0 spiro atoms. The molecule has 0 aromatic carbocycles. The summed E-state index contributed by atoms with van der Waals surface area (Å²) < 4.78 is 45.7. The molecule has 7 nitrogen and oxygen atoms in total. The van der Waals surface area contributed by atoms with E-state index in [4.69, 9.17) is 4.74 Å². The van der Waals surface area contributed by atoms with E-state index in [9.17, 15) is 18.0 Å². The molecule has 0 fully saturated rings. The SMILES string of the molecule is O=c1nc(C(F)(F)F)ccn1Cc1nnc2n1CCOCC2. The van der Waals surface area contributed by atoms with Crippen molar-refractivity contribution in [3.05, 3.63) is 40.1 Å². The van der Waals surface area contributed by atoms with E-state index in [-0.39, 0.29) is 6.54 Å². The average Bonchev–Trinajstić information content (AvgIpc) is 2.68. The third-order valence-electron chi connectivity index (χ3n) is 3.31. The Morgan fingerprint density at radius 3 is 2.82 bits per heavy atom. The molecule has 3 heterocycles. The number of alkyl halides is 3. The molecule has 0 radical (unpaired) electrons. The van der Waals surface area contributed by atoms with Crippen LogP contribution in [0.4, 0.5) is 13.2 Å². The topological polar surface area (TPSA) is 74.8 Å². The van der Waals surface area contributed by atoms with E-state index in [1.165, 1.54) is 0 Å². The summed E-state index contributed by atoms with van der Waals surface area (Å²) in [5.74, 6) is 1.23. The van der Waals surface area contributed by atoms with Crippen LogP contribution in [0.15, 0.2) is 17.1 Å². The zero-order valence-corrected chi connectivity index (χ0v) is 11.4. The van der Waals surface area contributed by atoms with Gasteiger partial charge in [0.25, 0.3) is 0 Å². The van der Waals surface area contributed by atoms with Crippen LogP contribution in [0.2, 0.25) is 0 Å². The Hall–Kier alpha value is -2.23. The fourth-order valence-corrected chi connectivity index (χ4v) is 2.21. The van der Waals surface area contributed by atoms with Crippen LogP contribution in [-0.4, -0.2) is 37.5 Å². The van der Waals surface area contributed by atoms with Crippen LogP contribution >= 0.6 is 0 Å². The van der Waals surface area contributed by atoms with Gasteiger partial charge in [-0.2, -0.15) is 18.2 Å². The highest BCUT2D eigenvalue weighted by molar-refractivity contribution is 5.05. The van der Waals surface area contributed by atoms with Gasteiger partial charge < -0.3 is 9.30 Å². The lowest BCUT2D eigenvalue weighted by Crippen LogP contribution is -2.27. The number of fused-ring (bicyclic) bond motifs is 1. The minimum Gasteiger partial charge on any atom is -0.379 e. The van der Waals surface area contributed by atoms with Gasteiger partial charge in [0.05, 0.1) is 19.8 Å². The van der Waals surface area contributed by atoms with E-state index in [0.717, 1.165) is 22.7 Å². The Balaban J connectivity index is 1.88. The largest absolute Gasteiger partial charge is 0.433 e. The number of halogens is 3. The fraction of sp³-hybridized carbons (Fsp3) is 0.500. The van der Waals surface area contributed by atoms with Crippen LogP contribution < -0.4 is 5.69 Å². The van der Waals surface area contributed by atoms with Crippen LogP contribution in [0.5, 0.6) is 0 Å². The van der Waals surface area contributed by atoms with Crippen molar-refractivity contribution in [1.82, 2.24) is 24.3 Å². The molecule has 2 aromatic rings. The summed E-state index contributed by atoms with van der Waals surface area (Å²) in [5.41, 5.74) is -2.18. The molecule has 10 heteroatoms. The first-order valence-corrected chi connectivity index (χ1v) is 6.58. The Bertz CT molecular complexity index is 737. The van der Waals surface area contributed by atoms with Gasteiger partial charge in [-0.3, -0.25) is 4.57 Å². The van der Waals surface area contributed by atoms with Crippen molar-refractivity contribution < 1.29 is 17.9 Å². The molecule has 0 aliphatic carbocycles. The third-order valence-corrected chi connectivity index (χ3v) is 3.31. The molecule has 0 saturated carbocycles. The quantitative estimate of drug-likeness (QED) is 0.805. The Labute approximate surface area is 122 Å². The van der Waals surface area contributed by atoms with Crippen molar-refractivity contribution >= 4 is 0 Å². The van der Waals surface area contributed by atoms with E-state index in [0.29, 0.717) is 32.0 Å². The predicted octanol–water partition coefficient (Wildman–Crippen LogP) is 0.475. The fourth-order valence-electron chi connectivity index (χ4n) is 2.21. The minimum absolute atomic E-state index is 0.0109. The van der Waals surface area contributed by atoms with Crippen LogP contribution in [0, 0.1) is 0 Å². The number of hydrogen-bond donors (Lipinski definition) is 0. The molecule has 3 rings (SSSR count). The van der Waals surface area contributed by atoms with E-state index in [1.54, 1.807) is 0 Å². The lowest BCUT2D eigenvalue weighted by atomic mass is 10.4. The van der Waals surface area contributed by atoms with E-state index < -0.39 is 17.6 Å². The van der Waals surface area contributed by atoms with Crippen molar-refractivity contribution in [1.29, 1.82) is 0 Å². The maximum absolute atomic E-state index is 12.5. The highest BCUT2D eigenvalue weighted by atomic mass is 19.4. The smallest absolute Gasteiger partial charge is 0.379 e. The second-order valence-corrected chi connectivity index (χ2v) is 4.77. The van der Waals surface area contributed by atoms with Gasteiger partial charge in [-0.05, 0) is 6.07 Å². The summed E-state index contributed by atoms with van der Waals surface area (Å²) in [6.07, 6.45) is -2.97. The molecule has 0 bridgehead atoms. The maximum Gasteiger partial charge on any atom is 0.433 e. The lowest BCUT2D eigenvalue weighted by Gasteiger charge is -2.09. The number of hydrogen-bond acceptors (Lipinski definition) is 5. The molecular formula is C12H12F3N5O2. The van der Waals surface area contributed by atoms with Gasteiger partial charge >= 0.3 is 11.9 Å². The summed E-state index contributed by atoms with van der Waals surface area (Å²) in [5, 5.41) is 8.01. The highest BCUT2D eigenvalue weighted by Crippen LogP contribution is 2.26.